The predicted molar refractivity (Wildman–Crippen MR) is 74.4 cm³/mol. The lowest BCUT2D eigenvalue weighted by Gasteiger charge is -2.27. The molecule has 2 N–H and O–H groups in total. The predicted octanol–water partition coefficient (Wildman–Crippen LogP) is 2.46. The van der Waals surface area contributed by atoms with Crippen LogP contribution >= 0.6 is 0 Å². The van der Waals surface area contributed by atoms with Gasteiger partial charge in [-0.2, -0.15) is 0 Å². The molecule has 2 fully saturated rings. The molecule has 1 amide bonds. The summed E-state index contributed by atoms with van der Waals surface area (Å²) in [7, 11) is 0. The van der Waals surface area contributed by atoms with E-state index in [9.17, 15) is 4.79 Å². The van der Waals surface area contributed by atoms with Crippen LogP contribution in [-0.2, 0) is 4.79 Å². The Hall–Kier alpha value is -0.570. The molecule has 3 unspecified atom stereocenters. The molecular weight excluding hydrogens is 224 g/mol. The molecule has 1 aliphatic carbocycles. The molecular formula is C15H28N2O. The maximum atomic E-state index is 11.8. The Balaban J connectivity index is 1.81. The molecule has 0 bridgehead atoms. The van der Waals surface area contributed by atoms with E-state index >= 15 is 0 Å². The van der Waals surface area contributed by atoms with Gasteiger partial charge in [0.2, 0.25) is 5.91 Å². The summed E-state index contributed by atoms with van der Waals surface area (Å²) < 4.78 is 0. The van der Waals surface area contributed by atoms with Crippen LogP contribution in [0.1, 0.15) is 58.8 Å². The zero-order valence-electron chi connectivity index (χ0n) is 11.9. The second-order valence-corrected chi connectivity index (χ2v) is 6.36. The van der Waals surface area contributed by atoms with Crippen molar-refractivity contribution >= 4 is 5.91 Å². The largest absolute Gasteiger partial charge is 0.355 e. The molecule has 0 radical (unpaired) electrons. The Morgan fingerprint density at radius 1 is 1.11 bits per heavy atom. The molecule has 0 aromatic rings. The molecule has 3 heteroatoms. The molecule has 0 aromatic carbocycles. The van der Waals surface area contributed by atoms with Crippen molar-refractivity contribution in [3.8, 4) is 0 Å². The Labute approximate surface area is 111 Å². The van der Waals surface area contributed by atoms with Crippen molar-refractivity contribution in [2.24, 2.45) is 11.8 Å². The summed E-state index contributed by atoms with van der Waals surface area (Å²) in [6, 6.07) is 0.627. The van der Waals surface area contributed by atoms with Gasteiger partial charge in [-0.3, -0.25) is 4.79 Å². The number of piperidine rings is 1. The van der Waals surface area contributed by atoms with Gasteiger partial charge in [0.15, 0.2) is 0 Å². The molecule has 18 heavy (non-hydrogen) atoms. The lowest BCUT2D eigenvalue weighted by atomic mass is 9.89. The van der Waals surface area contributed by atoms with Gasteiger partial charge in [-0.05, 0) is 43.9 Å². The summed E-state index contributed by atoms with van der Waals surface area (Å²) in [5, 5.41) is 6.56. The van der Waals surface area contributed by atoms with E-state index in [0.717, 1.165) is 31.2 Å². The van der Waals surface area contributed by atoms with E-state index in [1.54, 1.807) is 0 Å². The van der Waals surface area contributed by atoms with E-state index in [1.165, 1.54) is 32.1 Å². The summed E-state index contributed by atoms with van der Waals surface area (Å²) in [6.07, 6.45) is 8.62. The smallest absolute Gasteiger partial charge is 0.237 e. The van der Waals surface area contributed by atoms with E-state index in [4.69, 9.17) is 0 Å². The molecule has 2 rings (SSSR count). The molecule has 3 nitrogen and oxygen atoms in total. The fourth-order valence-corrected chi connectivity index (χ4v) is 3.38. The standard InChI is InChI=1S/C15H28N2O/c1-11(2)12-5-3-6-13(9-8-12)17-14-7-4-10-16-15(14)18/h11-14,17H,3-10H2,1-2H3,(H,16,18). The summed E-state index contributed by atoms with van der Waals surface area (Å²) in [6.45, 7) is 5.54. The second-order valence-electron chi connectivity index (χ2n) is 6.36. The molecule has 1 aliphatic heterocycles. The van der Waals surface area contributed by atoms with Crippen molar-refractivity contribution in [1.82, 2.24) is 10.6 Å². The molecule has 1 saturated carbocycles. The molecule has 3 atom stereocenters. The summed E-state index contributed by atoms with van der Waals surface area (Å²) in [5.74, 6) is 1.91. The lowest BCUT2D eigenvalue weighted by Crippen LogP contribution is -2.51. The minimum Gasteiger partial charge on any atom is -0.355 e. The van der Waals surface area contributed by atoms with E-state index < -0.39 is 0 Å². The van der Waals surface area contributed by atoms with Gasteiger partial charge >= 0.3 is 0 Å². The third-order valence-corrected chi connectivity index (χ3v) is 4.68. The zero-order valence-corrected chi connectivity index (χ0v) is 11.9. The Bertz CT molecular complexity index is 278. The summed E-state index contributed by atoms with van der Waals surface area (Å²) >= 11 is 0. The van der Waals surface area contributed by atoms with Gasteiger partial charge in [0, 0.05) is 12.6 Å². The van der Waals surface area contributed by atoms with Crippen molar-refractivity contribution in [3.63, 3.8) is 0 Å². The van der Waals surface area contributed by atoms with Crippen molar-refractivity contribution in [3.05, 3.63) is 0 Å². The molecule has 2 aliphatic rings. The highest BCUT2D eigenvalue weighted by Gasteiger charge is 2.26. The number of rotatable bonds is 3. The van der Waals surface area contributed by atoms with E-state index in [1.807, 2.05) is 0 Å². The van der Waals surface area contributed by atoms with E-state index in [-0.39, 0.29) is 11.9 Å². The number of carbonyl (C=O) groups is 1. The van der Waals surface area contributed by atoms with Gasteiger partial charge in [-0.15, -0.1) is 0 Å². The number of hydrogen-bond donors (Lipinski definition) is 2. The SMILES string of the molecule is CC(C)C1CCCC(NC2CCCNC2=O)CC1. The van der Waals surface area contributed by atoms with Crippen LogP contribution in [0.3, 0.4) is 0 Å². The van der Waals surface area contributed by atoms with Crippen LogP contribution in [0.15, 0.2) is 0 Å². The van der Waals surface area contributed by atoms with Gasteiger partial charge in [0.25, 0.3) is 0 Å². The van der Waals surface area contributed by atoms with Gasteiger partial charge in [-0.25, -0.2) is 0 Å². The number of carbonyl (C=O) groups excluding carboxylic acids is 1. The quantitative estimate of drug-likeness (QED) is 0.758. The third-order valence-electron chi connectivity index (χ3n) is 4.68. The molecule has 0 aromatic heterocycles. The fourth-order valence-electron chi connectivity index (χ4n) is 3.38. The minimum atomic E-state index is 0.0688. The number of amides is 1. The lowest BCUT2D eigenvalue weighted by molar-refractivity contribution is -0.124. The first-order chi connectivity index (χ1) is 8.66. The van der Waals surface area contributed by atoms with Crippen molar-refractivity contribution in [1.29, 1.82) is 0 Å². The van der Waals surface area contributed by atoms with Gasteiger partial charge < -0.3 is 10.6 Å². The minimum absolute atomic E-state index is 0.0688. The van der Waals surface area contributed by atoms with Crippen LogP contribution in [0.4, 0.5) is 0 Å². The molecule has 1 saturated heterocycles. The normalized spacial score (nSPS) is 34.2. The molecule has 0 spiro atoms. The van der Waals surface area contributed by atoms with Crippen LogP contribution in [-0.4, -0.2) is 24.5 Å². The zero-order chi connectivity index (χ0) is 13.0. The Morgan fingerprint density at radius 2 is 1.94 bits per heavy atom. The van der Waals surface area contributed by atoms with Gasteiger partial charge in [0.05, 0.1) is 6.04 Å². The Kier molecular flexibility index (Phi) is 5.04. The topological polar surface area (TPSA) is 41.1 Å². The molecule has 1 heterocycles. The average Bonchev–Trinajstić information content (AvgIpc) is 2.58. The van der Waals surface area contributed by atoms with Gasteiger partial charge in [-0.1, -0.05) is 26.7 Å². The first-order valence-corrected chi connectivity index (χ1v) is 7.70. The first kappa shape index (κ1) is 13.9. The fraction of sp³-hybridized carbons (Fsp3) is 0.933. The van der Waals surface area contributed by atoms with Crippen LogP contribution in [0.25, 0.3) is 0 Å². The maximum Gasteiger partial charge on any atom is 0.237 e. The van der Waals surface area contributed by atoms with Crippen LogP contribution in [0.2, 0.25) is 0 Å². The van der Waals surface area contributed by atoms with E-state index in [2.05, 4.69) is 24.5 Å². The highest BCUT2D eigenvalue weighted by atomic mass is 16.2. The van der Waals surface area contributed by atoms with Crippen molar-refractivity contribution in [2.75, 3.05) is 6.54 Å². The average molecular weight is 252 g/mol. The van der Waals surface area contributed by atoms with E-state index in [0.29, 0.717) is 6.04 Å². The van der Waals surface area contributed by atoms with Crippen LogP contribution in [0, 0.1) is 11.8 Å². The monoisotopic (exact) mass is 252 g/mol. The van der Waals surface area contributed by atoms with Crippen LogP contribution < -0.4 is 10.6 Å². The van der Waals surface area contributed by atoms with Crippen molar-refractivity contribution < 1.29 is 4.79 Å². The third kappa shape index (κ3) is 3.71. The number of hydrogen-bond acceptors (Lipinski definition) is 2. The maximum absolute atomic E-state index is 11.8. The highest BCUT2D eigenvalue weighted by molar-refractivity contribution is 5.82. The summed E-state index contributed by atoms with van der Waals surface area (Å²) in [4.78, 5) is 11.8. The van der Waals surface area contributed by atoms with Crippen molar-refractivity contribution in [2.45, 2.75) is 70.9 Å². The first-order valence-electron chi connectivity index (χ1n) is 7.70. The Morgan fingerprint density at radius 3 is 2.67 bits per heavy atom. The highest BCUT2D eigenvalue weighted by Crippen LogP contribution is 2.29. The summed E-state index contributed by atoms with van der Waals surface area (Å²) in [5.41, 5.74) is 0. The van der Waals surface area contributed by atoms with Gasteiger partial charge in [0.1, 0.15) is 0 Å². The molecule has 104 valence electrons. The number of nitrogens with one attached hydrogen (secondary N) is 2. The van der Waals surface area contributed by atoms with Crippen LogP contribution in [0.5, 0.6) is 0 Å². The second kappa shape index (κ2) is 6.55.